The minimum absolute atomic E-state index is 0.840. The van der Waals surface area contributed by atoms with Crippen LogP contribution >= 0.6 is 11.8 Å². The largest absolute Gasteiger partial charge is 0.311 e. The average Bonchev–Trinajstić information content (AvgIpc) is 2.99. The lowest BCUT2D eigenvalue weighted by Gasteiger charge is -2.27. The second-order valence-corrected chi connectivity index (χ2v) is 5.63. The van der Waals surface area contributed by atoms with Crippen molar-refractivity contribution in [3.8, 4) is 0 Å². The molecular formula is C11H21NS. The fourth-order valence-corrected chi connectivity index (χ4v) is 3.36. The predicted octanol–water partition coefficient (Wildman–Crippen LogP) is 2.66. The maximum absolute atomic E-state index is 3.85. The minimum Gasteiger partial charge on any atom is -0.311 e. The Kier molecular flexibility index (Phi) is 3.56. The Hall–Kier alpha value is 0.310. The third-order valence-electron chi connectivity index (χ3n) is 3.30. The quantitative estimate of drug-likeness (QED) is 0.747. The van der Waals surface area contributed by atoms with Crippen LogP contribution in [0.25, 0.3) is 0 Å². The summed E-state index contributed by atoms with van der Waals surface area (Å²) in [6, 6.07) is 1.68. The minimum atomic E-state index is 0.840. The topological polar surface area (TPSA) is 12.0 Å². The first-order valence-electron chi connectivity index (χ1n) is 5.74. The van der Waals surface area contributed by atoms with E-state index >= 15 is 0 Å². The number of hydrogen-bond acceptors (Lipinski definition) is 2. The maximum atomic E-state index is 3.85. The van der Waals surface area contributed by atoms with Gasteiger partial charge in [0.1, 0.15) is 0 Å². The Balaban J connectivity index is 1.73. The molecule has 0 amide bonds. The van der Waals surface area contributed by atoms with Gasteiger partial charge in [0.2, 0.25) is 0 Å². The summed E-state index contributed by atoms with van der Waals surface area (Å²) in [4.78, 5) is 0. The van der Waals surface area contributed by atoms with Crippen molar-refractivity contribution in [2.45, 2.75) is 51.1 Å². The van der Waals surface area contributed by atoms with E-state index in [9.17, 15) is 0 Å². The Morgan fingerprint density at radius 2 is 1.92 bits per heavy atom. The van der Waals surface area contributed by atoms with E-state index in [1.165, 1.54) is 43.6 Å². The van der Waals surface area contributed by atoms with Gasteiger partial charge in [-0.1, -0.05) is 6.92 Å². The van der Waals surface area contributed by atoms with Gasteiger partial charge in [-0.2, -0.15) is 11.8 Å². The van der Waals surface area contributed by atoms with Crippen LogP contribution in [0, 0.1) is 5.92 Å². The molecule has 0 spiro atoms. The highest BCUT2D eigenvalue weighted by molar-refractivity contribution is 7.99. The predicted molar refractivity (Wildman–Crippen MR) is 60.3 cm³/mol. The molecule has 2 fully saturated rings. The first-order valence-corrected chi connectivity index (χ1v) is 6.89. The molecule has 1 N–H and O–H groups in total. The first-order chi connectivity index (χ1) is 6.40. The van der Waals surface area contributed by atoms with Gasteiger partial charge in [-0.15, -0.1) is 0 Å². The van der Waals surface area contributed by atoms with Gasteiger partial charge in [0.15, 0.2) is 0 Å². The van der Waals surface area contributed by atoms with E-state index in [0.717, 1.165) is 18.0 Å². The summed E-state index contributed by atoms with van der Waals surface area (Å²) in [6.07, 6.45) is 7.08. The van der Waals surface area contributed by atoms with Crippen molar-refractivity contribution in [3.63, 3.8) is 0 Å². The van der Waals surface area contributed by atoms with E-state index in [1.807, 2.05) is 0 Å². The standard InChI is InChI=1S/C11H21NS/c1-2-11(9-3-4-9)12-10-5-7-13-8-6-10/h9-12H,2-8H2,1H3. The van der Waals surface area contributed by atoms with Crippen LogP contribution < -0.4 is 5.32 Å². The molecule has 2 rings (SSSR count). The van der Waals surface area contributed by atoms with E-state index in [-0.39, 0.29) is 0 Å². The zero-order valence-electron chi connectivity index (χ0n) is 8.59. The fourth-order valence-electron chi connectivity index (χ4n) is 2.25. The van der Waals surface area contributed by atoms with Crippen LogP contribution in [0.2, 0.25) is 0 Å². The molecule has 0 radical (unpaired) electrons. The molecule has 1 saturated heterocycles. The van der Waals surface area contributed by atoms with Crippen LogP contribution in [0.3, 0.4) is 0 Å². The Morgan fingerprint density at radius 3 is 2.46 bits per heavy atom. The Bertz CT molecular complexity index is 150. The van der Waals surface area contributed by atoms with Gasteiger partial charge >= 0.3 is 0 Å². The van der Waals surface area contributed by atoms with Crippen LogP contribution in [-0.2, 0) is 0 Å². The molecule has 1 aliphatic heterocycles. The first kappa shape index (κ1) is 9.85. The van der Waals surface area contributed by atoms with E-state index in [4.69, 9.17) is 0 Å². The Labute approximate surface area is 86.0 Å². The number of thioether (sulfide) groups is 1. The van der Waals surface area contributed by atoms with Crippen molar-refractivity contribution in [3.05, 3.63) is 0 Å². The average molecular weight is 199 g/mol. The summed E-state index contributed by atoms with van der Waals surface area (Å²) in [5.74, 6) is 3.77. The van der Waals surface area contributed by atoms with Crippen LogP contribution in [0.1, 0.15) is 39.0 Å². The summed E-state index contributed by atoms with van der Waals surface area (Å²) < 4.78 is 0. The fraction of sp³-hybridized carbons (Fsp3) is 1.00. The van der Waals surface area contributed by atoms with Crippen molar-refractivity contribution in [1.29, 1.82) is 0 Å². The van der Waals surface area contributed by atoms with Crippen molar-refractivity contribution < 1.29 is 0 Å². The Morgan fingerprint density at radius 1 is 1.23 bits per heavy atom. The molecule has 76 valence electrons. The summed E-state index contributed by atoms with van der Waals surface area (Å²) >= 11 is 2.12. The van der Waals surface area contributed by atoms with E-state index in [0.29, 0.717) is 0 Å². The summed E-state index contributed by atoms with van der Waals surface area (Å²) in [6.45, 7) is 2.33. The SMILES string of the molecule is CCC(NC1CCSCC1)C1CC1. The molecule has 0 aromatic rings. The van der Waals surface area contributed by atoms with Crippen molar-refractivity contribution in [2.75, 3.05) is 11.5 Å². The third kappa shape index (κ3) is 2.88. The lowest BCUT2D eigenvalue weighted by Crippen LogP contribution is -2.41. The van der Waals surface area contributed by atoms with Crippen molar-refractivity contribution >= 4 is 11.8 Å². The summed E-state index contributed by atoms with van der Waals surface area (Å²) in [7, 11) is 0. The molecule has 1 unspecified atom stereocenters. The molecule has 1 saturated carbocycles. The summed E-state index contributed by atoms with van der Waals surface area (Å²) in [5.41, 5.74) is 0. The lowest BCUT2D eigenvalue weighted by atomic mass is 10.1. The molecule has 2 heteroatoms. The molecule has 1 aliphatic carbocycles. The van der Waals surface area contributed by atoms with Gasteiger partial charge in [0, 0.05) is 12.1 Å². The van der Waals surface area contributed by atoms with Crippen LogP contribution in [0.5, 0.6) is 0 Å². The number of rotatable bonds is 4. The van der Waals surface area contributed by atoms with Crippen LogP contribution in [0.4, 0.5) is 0 Å². The molecule has 1 heterocycles. The molecule has 0 bridgehead atoms. The normalized spacial score (nSPS) is 27.5. The molecule has 2 aliphatic rings. The highest BCUT2D eigenvalue weighted by Gasteiger charge is 2.31. The number of nitrogens with one attached hydrogen (secondary N) is 1. The molecule has 1 nitrogen and oxygen atoms in total. The van der Waals surface area contributed by atoms with Crippen molar-refractivity contribution in [1.82, 2.24) is 5.32 Å². The van der Waals surface area contributed by atoms with Gasteiger partial charge in [0.25, 0.3) is 0 Å². The molecule has 0 aromatic heterocycles. The third-order valence-corrected chi connectivity index (χ3v) is 4.35. The molecular weight excluding hydrogens is 178 g/mol. The maximum Gasteiger partial charge on any atom is 0.00953 e. The van der Waals surface area contributed by atoms with E-state index in [2.05, 4.69) is 24.0 Å². The zero-order valence-corrected chi connectivity index (χ0v) is 9.41. The smallest absolute Gasteiger partial charge is 0.00953 e. The zero-order chi connectivity index (χ0) is 9.10. The van der Waals surface area contributed by atoms with Gasteiger partial charge in [-0.05, 0) is 49.5 Å². The molecule has 0 aromatic carbocycles. The molecule has 13 heavy (non-hydrogen) atoms. The lowest BCUT2D eigenvalue weighted by molar-refractivity contribution is 0.369. The van der Waals surface area contributed by atoms with Crippen molar-refractivity contribution in [2.24, 2.45) is 5.92 Å². The van der Waals surface area contributed by atoms with Gasteiger partial charge in [0.05, 0.1) is 0 Å². The van der Waals surface area contributed by atoms with Gasteiger partial charge in [-0.25, -0.2) is 0 Å². The second kappa shape index (κ2) is 4.70. The summed E-state index contributed by atoms with van der Waals surface area (Å²) in [5, 5.41) is 3.85. The van der Waals surface area contributed by atoms with Gasteiger partial charge in [-0.3, -0.25) is 0 Å². The highest BCUT2D eigenvalue weighted by atomic mass is 32.2. The molecule has 1 atom stereocenters. The van der Waals surface area contributed by atoms with Gasteiger partial charge < -0.3 is 5.32 Å². The van der Waals surface area contributed by atoms with E-state index < -0.39 is 0 Å². The second-order valence-electron chi connectivity index (χ2n) is 4.41. The monoisotopic (exact) mass is 199 g/mol. The van der Waals surface area contributed by atoms with Crippen LogP contribution in [-0.4, -0.2) is 23.6 Å². The number of hydrogen-bond donors (Lipinski definition) is 1. The van der Waals surface area contributed by atoms with Crippen LogP contribution in [0.15, 0.2) is 0 Å². The highest BCUT2D eigenvalue weighted by Crippen LogP contribution is 2.34. The van der Waals surface area contributed by atoms with E-state index in [1.54, 1.807) is 0 Å².